The summed E-state index contributed by atoms with van der Waals surface area (Å²) in [6.07, 6.45) is 0. The van der Waals surface area contributed by atoms with Crippen LogP contribution in [-0.2, 0) is 15.6 Å². The number of aryl methyl sites for hydroxylation is 2. The van der Waals surface area contributed by atoms with Crippen LogP contribution in [-0.4, -0.2) is 8.42 Å². The van der Waals surface area contributed by atoms with Crippen LogP contribution in [0, 0.1) is 13.8 Å². The van der Waals surface area contributed by atoms with Gasteiger partial charge < -0.3 is 0 Å². The first-order valence-corrected chi connectivity index (χ1v) is 9.33. The lowest BCUT2D eigenvalue weighted by molar-refractivity contribution is -0.742. The number of nitrogens with zero attached hydrogens (tertiary/aromatic N) is 1. The van der Waals surface area contributed by atoms with Crippen LogP contribution in [0.2, 0.25) is 0 Å². The second-order valence-electron chi connectivity index (χ2n) is 6.23. The normalized spacial score (nSPS) is 12.4. The molecule has 1 heterocycles. The van der Waals surface area contributed by atoms with E-state index in [0.29, 0.717) is 0 Å². The Kier molecular flexibility index (Phi) is 4.60. The lowest BCUT2D eigenvalue weighted by atomic mass is 10.1. The minimum Gasteiger partial charge on any atom is -0.216 e. The van der Waals surface area contributed by atoms with Gasteiger partial charge in [0.05, 0.1) is 4.90 Å². The van der Waals surface area contributed by atoms with E-state index in [9.17, 15) is 8.42 Å². The van der Waals surface area contributed by atoms with Crippen molar-refractivity contribution >= 4 is 26.5 Å². The zero-order chi connectivity index (χ0) is 16.5. The first kappa shape index (κ1) is 16.9. The fourth-order valence-electron chi connectivity index (χ4n) is 2.21. The Morgan fingerprint density at radius 2 is 1.68 bits per heavy atom. The lowest BCUT2D eigenvalue weighted by Gasteiger charge is -2.18. The molecular weight excluding hydrogens is 318 g/mol. The fourth-order valence-corrected chi connectivity index (χ4v) is 4.14. The van der Waals surface area contributed by atoms with Crippen LogP contribution >= 0.6 is 11.3 Å². The summed E-state index contributed by atoms with van der Waals surface area (Å²) in [6.45, 7) is 10.1. The number of hydrogen-bond acceptors (Lipinski definition) is 4. The number of thiazole rings is 1. The Labute approximate surface area is 136 Å². The standard InChI is InChI=1S/C15H21N3O2S2/c1-11-6-8-13(9-7-11)22(19,20)17-16-14-18(15(3,4)5)12(2)10-21-14/h6-10,17H,1-5H3/p+1. The fraction of sp³-hybridized carbons (Fsp3) is 0.400. The Bertz CT molecular complexity index is 757. The van der Waals surface area contributed by atoms with Gasteiger partial charge in [0.2, 0.25) is 0 Å². The third-order valence-electron chi connectivity index (χ3n) is 3.19. The average Bonchev–Trinajstić information content (AvgIpc) is 2.78. The van der Waals surface area contributed by atoms with Crippen LogP contribution in [0.15, 0.2) is 34.5 Å². The predicted molar refractivity (Wildman–Crippen MR) is 89.4 cm³/mol. The smallest absolute Gasteiger partial charge is 0.216 e. The summed E-state index contributed by atoms with van der Waals surface area (Å²) >= 11 is 1.47. The van der Waals surface area contributed by atoms with Gasteiger partial charge in [-0.1, -0.05) is 29.0 Å². The van der Waals surface area contributed by atoms with Crippen LogP contribution in [0.1, 0.15) is 32.0 Å². The molecule has 2 N–H and O–H groups in total. The summed E-state index contributed by atoms with van der Waals surface area (Å²) in [5, 5.41) is 2.74. The number of hydrazine groups is 1. The van der Waals surface area contributed by atoms with Crippen LogP contribution in [0.4, 0.5) is 5.13 Å². The quantitative estimate of drug-likeness (QED) is 0.664. The molecule has 0 fully saturated rings. The molecule has 1 aromatic heterocycles. The minimum absolute atomic E-state index is 0.137. The van der Waals surface area contributed by atoms with Gasteiger partial charge in [0.1, 0.15) is 11.2 Å². The highest BCUT2D eigenvalue weighted by Crippen LogP contribution is 2.19. The molecule has 2 aromatic rings. The molecule has 0 saturated carbocycles. The molecule has 0 unspecified atom stereocenters. The van der Waals surface area contributed by atoms with Gasteiger partial charge in [-0.25, -0.2) is 13.0 Å². The molecule has 0 saturated heterocycles. The van der Waals surface area contributed by atoms with Crippen molar-refractivity contribution in [1.29, 1.82) is 0 Å². The Hall–Kier alpha value is -1.44. The van der Waals surface area contributed by atoms with Gasteiger partial charge in [0.25, 0.3) is 10.0 Å². The molecule has 5 nitrogen and oxygen atoms in total. The topological polar surface area (TPSA) is 62.1 Å². The number of benzene rings is 1. The highest BCUT2D eigenvalue weighted by molar-refractivity contribution is 7.89. The molecule has 0 aliphatic heterocycles. The van der Waals surface area contributed by atoms with Crippen molar-refractivity contribution in [3.8, 4) is 0 Å². The molecule has 0 amide bonds. The summed E-state index contributed by atoms with van der Waals surface area (Å²) in [7, 11) is -3.60. The number of sulfonamides is 1. The van der Waals surface area contributed by atoms with Gasteiger partial charge in [-0.2, -0.15) is 5.43 Å². The Morgan fingerprint density at radius 1 is 1.09 bits per heavy atom. The van der Waals surface area contributed by atoms with Crippen molar-refractivity contribution in [2.24, 2.45) is 0 Å². The molecule has 0 bridgehead atoms. The van der Waals surface area contributed by atoms with Crippen molar-refractivity contribution in [3.63, 3.8) is 0 Å². The van der Waals surface area contributed by atoms with Gasteiger partial charge in [0, 0.05) is 5.38 Å². The molecule has 22 heavy (non-hydrogen) atoms. The highest BCUT2D eigenvalue weighted by Gasteiger charge is 2.28. The maximum absolute atomic E-state index is 12.3. The molecule has 0 radical (unpaired) electrons. The summed E-state index contributed by atoms with van der Waals surface area (Å²) in [5.41, 5.74) is 4.80. The molecule has 120 valence electrons. The average molecular weight is 340 g/mol. The maximum atomic E-state index is 12.3. The van der Waals surface area contributed by atoms with Gasteiger partial charge in [-0.05, 0) is 51.6 Å². The minimum atomic E-state index is -3.60. The maximum Gasteiger partial charge on any atom is 0.353 e. The monoisotopic (exact) mass is 340 g/mol. The first-order valence-electron chi connectivity index (χ1n) is 6.96. The Morgan fingerprint density at radius 3 is 2.23 bits per heavy atom. The van der Waals surface area contributed by atoms with Gasteiger partial charge in [-0.15, -0.1) is 0 Å². The SMILES string of the molecule is Cc1ccc(S(=O)(=O)NNc2scc(C)[n+]2C(C)(C)C)cc1. The van der Waals surface area contributed by atoms with E-state index >= 15 is 0 Å². The van der Waals surface area contributed by atoms with E-state index in [0.717, 1.165) is 16.4 Å². The zero-order valence-electron chi connectivity index (χ0n) is 13.5. The van der Waals surface area contributed by atoms with Crippen LogP contribution in [0.3, 0.4) is 0 Å². The van der Waals surface area contributed by atoms with E-state index in [-0.39, 0.29) is 10.4 Å². The molecule has 0 atom stereocenters. The van der Waals surface area contributed by atoms with Crippen molar-refractivity contribution in [2.45, 2.75) is 45.1 Å². The number of hydrogen-bond donors (Lipinski definition) is 2. The number of aromatic nitrogens is 1. The molecule has 0 spiro atoms. The molecule has 2 rings (SSSR count). The third-order valence-corrected chi connectivity index (χ3v) is 5.42. The lowest BCUT2D eigenvalue weighted by Crippen LogP contribution is -2.53. The van der Waals surface area contributed by atoms with E-state index in [1.54, 1.807) is 24.3 Å². The summed E-state index contributed by atoms with van der Waals surface area (Å²) < 4.78 is 26.7. The second kappa shape index (κ2) is 5.98. The molecule has 7 heteroatoms. The number of nitrogens with one attached hydrogen (secondary N) is 2. The van der Waals surface area contributed by atoms with Crippen molar-refractivity contribution in [1.82, 2.24) is 4.83 Å². The van der Waals surface area contributed by atoms with Crippen LogP contribution in [0.5, 0.6) is 0 Å². The van der Waals surface area contributed by atoms with Crippen LogP contribution in [0.25, 0.3) is 0 Å². The van der Waals surface area contributed by atoms with E-state index in [2.05, 4.69) is 35.6 Å². The van der Waals surface area contributed by atoms with E-state index < -0.39 is 10.0 Å². The van der Waals surface area contributed by atoms with Gasteiger partial charge in [0.15, 0.2) is 0 Å². The number of anilines is 1. The number of rotatable bonds is 4. The predicted octanol–water partition coefficient (Wildman–Crippen LogP) is 2.71. The van der Waals surface area contributed by atoms with E-state index in [4.69, 9.17) is 0 Å². The van der Waals surface area contributed by atoms with Crippen LogP contribution < -0.4 is 14.8 Å². The second-order valence-corrected chi connectivity index (χ2v) is 8.77. The third kappa shape index (κ3) is 3.66. The molecule has 0 aliphatic carbocycles. The van der Waals surface area contributed by atoms with Gasteiger partial charge in [-0.3, -0.25) is 0 Å². The summed E-state index contributed by atoms with van der Waals surface area (Å²) in [6, 6.07) is 6.74. The molecular formula is C15H22N3O2S2+. The highest BCUT2D eigenvalue weighted by atomic mass is 32.2. The molecule has 0 aliphatic rings. The van der Waals surface area contributed by atoms with E-state index in [1.807, 2.05) is 19.2 Å². The molecule has 1 aromatic carbocycles. The Balaban J connectivity index is 2.22. The van der Waals surface area contributed by atoms with E-state index in [1.165, 1.54) is 11.3 Å². The zero-order valence-corrected chi connectivity index (χ0v) is 15.1. The van der Waals surface area contributed by atoms with Crippen molar-refractivity contribution in [3.05, 3.63) is 40.9 Å². The van der Waals surface area contributed by atoms with Crippen molar-refractivity contribution < 1.29 is 13.0 Å². The summed E-state index contributed by atoms with van der Waals surface area (Å²) in [5.74, 6) is 0. The first-order chi connectivity index (χ1) is 10.1. The largest absolute Gasteiger partial charge is 0.353 e. The summed E-state index contributed by atoms with van der Waals surface area (Å²) in [4.78, 5) is 2.69. The van der Waals surface area contributed by atoms with Crippen molar-refractivity contribution in [2.75, 3.05) is 5.43 Å². The van der Waals surface area contributed by atoms with Gasteiger partial charge >= 0.3 is 5.13 Å².